The highest BCUT2D eigenvalue weighted by atomic mass is 16.3. The summed E-state index contributed by atoms with van der Waals surface area (Å²) in [5, 5.41) is 14.9. The quantitative estimate of drug-likeness (QED) is 0.136. The molecule has 0 fully saturated rings. The molecular weight excluding hydrogens is 1370 g/mol. The van der Waals surface area contributed by atoms with Gasteiger partial charge in [0.25, 0.3) is 0 Å². The smallest absolute Gasteiger partial charge is 0.160 e. The molecule has 17 aromatic carbocycles. The fourth-order valence-electron chi connectivity index (χ4n) is 17.8. The third-order valence-electron chi connectivity index (χ3n) is 23.3. The minimum Gasteiger partial charge on any atom is -0.456 e. The fourth-order valence-corrected chi connectivity index (χ4v) is 17.8. The first kappa shape index (κ1) is 62.0. The topological polar surface area (TPSA) is 80.0 Å². The Bertz CT molecular complexity index is 8050. The van der Waals surface area contributed by atoms with Gasteiger partial charge in [0.1, 0.15) is 33.5 Å². The van der Waals surface area contributed by atoms with Crippen molar-refractivity contribution in [2.24, 2.45) is 0 Å². The molecule has 0 saturated heterocycles. The van der Waals surface area contributed by atoms with E-state index in [9.17, 15) is 0 Å². The summed E-state index contributed by atoms with van der Waals surface area (Å²) in [6.07, 6.45) is 0. The highest BCUT2D eigenvalue weighted by Crippen LogP contribution is 2.44. The van der Waals surface area contributed by atoms with E-state index >= 15 is 0 Å². The summed E-state index contributed by atoms with van der Waals surface area (Å²) in [5.41, 5.74) is 30.0. The number of hydrogen-bond donors (Lipinski definition) is 0. The third-order valence-corrected chi connectivity index (χ3v) is 23.3. The monoisotopic (exact) mass is 1430 g/mol. The van der Waals surface area contributed by atoms with E-state index in [2.05, 4.69) is 347 Å². The minimum absolute atomic E-state index is 0.641. The number of hydrogen-bond acceptors (Lipinski definition) is 5. The highest BCUT2D eigenvalue weighted by Gasteiger charge is 2.22. The molecule has 0 atom stereocenters. The van der Waals surface area contributed by atoms with Crippen molar-refractivity contribution in [1.82, 2.24) is 23.7 Å². The van der Waals surface area contributed by atoms with Crippen LogP contribution in [-0.2, 0) is 0 Å². The van der Waals surface area contributed by atoms with Gasteiger partial charge in [-0.2, -0.15) is 0 Å². The largest absolute Gasteiger partial charge is 0.456 e. The summed E-state index contributed by atoms with van der Waals surface area (Å²) in [7, 11) is 0. The molecule has 0 amide bonds. The summed E-state index contributed by atoms with van der Waals surface area (Å²) in [5.74, 6) is 0.641. The SMILES string of the molecule is c1ccc2c(c1)oc1cc(-c3ccc4c5ccccc5n(-c5ccc(-c6ccc(-c7ccc8nc(-c9ccc(-n%10c%11ccccc%11c%11ccc(-c%12ccc%13c(c%12)oc%12ccccc%12%13)cc%11%10)cc9)nc(-c9ccc(-n%10c%11ccccc%11c%11ccc(-c%12ccc%13c(c%12)oc%12ccccc%12%13)cc%11%10)cc9)c8c7)cc6)cc5)c4c3)ccc12. The summed E-state index contributed by atoms with van der Waals surface area (Å²) >= 11 is 0. The van der Waals surface area contributed by atoms with Crippen LogP contribution in [0, 0.1) is 0 Å². The van der Waals surface area contributed by atoms with Gasteiger partial charge in [-0.15, -0.1) is 0 Å². The van der Waals surface area contributed by atoms with E-state index in [1.165, 1.54) is 32.3 Å². The van der Waals surface area contributed by atoms with E-state index in [1.54, 1.807) is 0 Å². The molecule has 0 bridgehead atoms. The molecule has 8 heteroatoms. The van der Waals surface area contributed by atoms with Gasteiger partial charge in [-0.05, 0) is 207 Å². The maximum Gasteiger partial charge on any atom is 0.160 e. The van der Waals surface area contributed by atoms with Crippen molar-refractivity contribution in [3.05, 3.63) is 370 Å². The molecule has 520 valence electrons. The molecule has 0 aliphatic carbocycles. The average Bonchev–Trinajstić information content (AvgIpc) is 1.52. The molecule has 112 heavy (non-hydrogen) atoms. The van der Waals surface area contributed by atoms with Gasteiger partial charge in [-0.1, -0.05) is 218 Å². The van der Waals surface area contributed by atoms with Gasteiger partial charge in [-0.3, -0.25) is 0 Å². The lowest BCUT2D eigenvalue weighted by atomic mass is 9.97. The van der Waals surface area contributed by atoms with Crippen LogP contribution in [0.2, 0.25) is 0 Å². The Morgan fingerprint density at radius 1 is 0.170 bits per heavy atom. The van der Waals surface area contributed by atoms with Gasteiger partial charge in [-0.25, -0.2) is 9.97 Å². The first-order valence-corrected chi connectivity index (χ1v) is 38.0. The van der Waals surface area contributed by atoms with E-state index in [-0.39, 0.29) is 0 Å². The lowest BCUT2D eigenvalue weighted by Crippen LogP contribution is -1.98. The number of fused-ring (bicyclic) bond motifs is 19. The van der Waals surface area contributed by atoms with Gasteiger partial charge in [0.05, 0.1) is 44.3 Å². The molecule has 24 rings (SSSR count). The van der Waals surface area contributed by atoms with Crippen LogP contribution in [0.1, 0.15) is 0 Å². The lowest BCUT2D eigenvalue weighted by Gasteiger charge is -2.14. The highest BCUT2D eigenvalue weighted by molar-refractivity contribution is 6.15. The predicted molar refractivity (Wildman–Crippen MR) is 462 cm³/mol. The van der Waals surface area contributed by atoms with Gasteiger partial charge >= 0.3 is 0 Å². The first-order valence-electron chi connectivity index (χ1n) is 38.0. The van der Waals surface area contributed by atoms with Gasteiger partial charge in [0.15, 0.2) is 5.82 Å². The molecule has 8 nitrogen and oxygen atoms in total. The molecule has 0 saturated carbocycles. The number of furan rings is 3. The number of aromatic nitrogens is 5. The molecule has 7 aromatic heterocycles. The molecule has 7 heterocycles. The zero-order chi connectivity index (χ0) is 73.2. The maximum atomic E-state index is 6.40. The molecule has 0 aliphatic heterocycles. The van der Waals surface area contributed by atoms with E-state index in [0.29, 0.717) is 5.82 Å². The van der Waals surface area contributed by atoms with Crippen LogP contribution in [0.4, 0.5) is 0 Å². The normalized spacial score (nSPS) is 12.1. The minimum atomic E-state index is 0.641. The molecule has 0 N–H and O–H groups in total. The van der Waals surface area contributed by atoms with Gasteiger partial charge in [0, 0.05) is 98.2 Å². The molecular formula is C104H61N5O3. The second kappa shape index (κ2) is 24.2. The van der Waals surface area contributed by atoms with Crippen LogP contribution in [-0.4, -0.2) is 23.7 Å². The maximum absolute atomic E-state index is 6.40. The van der Waals surface area contributed by atoms with Crippen LogP contribution in [0.3, 0.4) is 0 Å². The van der Waals surface area contributed by atoms with Crippen molar-refractivity contribution in [3.8, 4) is 95.3 Å². The fraction of sp³-hybridized carbons (Fsp3) is 0. The van der Waals surface area contributed by atoms with E-state index < -0.39 is 0 Å². The van der Waals surface area contributed by atoms with Crippen LogP contribution in [0.15, 0.2) is 383 Å². The molecule has 0 unspecified atom stereocenters. The average molecular weight is 1430 g/mol. The molecule has 24 aromatic rings. The summed E-state index contributed by atoms with van der Waals surface area (Å²) in [6.45, 7) is 0. The zero-order valence-electron chi connectivity index (χ0n) is 60.2. The Hall–Kier alpha value is -15.1. The van der Waals surface area contributed by atoms with Crippen molar-refractivity contribution in [2.75, 3.05) is 0 Å². The van der Waals surface area contributed by atoms with Crippen molar-refractivity contribution in [3.63, 3.8) is 0 Å². The Morgan fingerprint density at radius 3 is 0.830 bits per heavy atom. The molecule has 0 spiro atoms. The van der Waals surface area contributed by atoms with Crippen molar-refractivity contribution < 1.29 is 13.3 Å². The number of rotatable bonds is 10. The molecule has 0 radical (unpaired) electrons. The Kier molecular flexibility index (Phi) is 13.4. The van der Waals surface area contributed by atoms with Crippen LogP contribution in [0.5, 0.6) is 0 Å². The van der Waals surface area contributed by atoms with Crippen molar-refractivity contribution in [1.29, 1.82) is 0 Å². The standard InChI is InChI=1S/C104H61N5O3/c1-7-19-91-77(13-1)80-48-35-68(71-38-51-86-83-16-4-10-22-97(83)110-100(86)59-71)56-94(80)107(91)74-42-29-63(30-43-74)62-25-27-64(28-26-62)67-41-54-90-89(55-67)103(65-31-44-75(45-32-65)108-92-20-8-2-14-78(92)81-49-36-69(57-95(81)108)72-39-52-87-84-17-5-11-23-98(84)111-101(87)60-72)106-104(105-90)66-33-46-76(47-34-66)109-93-21-9-3-15-79(93)82-50-37-70(58-96(82)109)73-40-53-88-85-18-6-12-24-99(85)112-102(88)61-73/h1-61H. The van der Waals surface area contributed by atoms with E-state index in [1.807, 2.05) is 36.4 Å². The van der Waals surface area contributed by atoms with E-state index in [0.717, 1.165) is 199 Å². The zero-order valence-corrected chi connectivity index (χ0v) is 60.2. The Labute approximate surface area is 640 Å². The second-order valence-corrected chi connectivity index (χ2v) is 29.5. The number of para-hydroxylation sites is 6. The summed E-state index contributed by atoms with van der Waals surface area (Å²) < 4.78 is 26.3. The van der Waals surface area contributed by atoms with Crippen LogP contribution in [0.25, 0.3) is 237 Å². The van der Waals surface area contributed by atoms with Crippen molar-refractivity contribution >= 4 is 142 Å². The number of nitrogens with zero attached hydrogens (tertiary/aromatic N) is 5. The first-order chi connectivity index (χ1) is 55.4. The molecule has 0 aliphatic rings. The van der Waals surface area contributed by atoms with Crippen LogP contribution >= 0.6 is 0 Å². The summed E-state index contributed by atoms with van der Waals surface area (Å²) in [4.78, 5) is 11.1. The Balaban J connectivity index is 0.591. The number of benzene rings is 17. The third kappa shape index (κ3) is 9.68. The Morgan fingerprint density at radius 2 is 0.438 bits per heavy atom. The predicted octanol–water partition coefficient (Wildman–Crippen LogP) is 28.3. The van der Waals surface area contributed by atoms with E-state index in [4.69, 9.17) is 23.2 Å². The second-order valence-electron chi connectivity index (χ2n) is 29.5. The van der Waals surface area contributed by atoms with Gasteiger partial charge in [0.2, 0.25) is 0 Å². The van der Waals surface area contributed by atoms with Gasteiger partial charge < -0.3 is 27.0 Å². The summed E-state index contributed by atoms with van der Waals surface area (Å²) in [6, 6.07) is 133. The van der Waals surface area contributed by atoms with Crippen molar-refractivity contribution in [2.45, 2.75) is 0 Å². The van der Waals surface area contributed by atoms with Crippen LogP contribution < -0.4 is 0 Å². The lowest BCUT2D eigenvalue weighted by molar-refractivity contribution is 0.668.